The van der Waals surface area contributed by atoms with Gasteiger partial charge in [-0.2, -0.15) is 4.98 Å². The zero-order valence-electron chi connectivity index (χ0n) is 10.6. The van der Waals surface area contributed by atoms with E-state index in [1.165, 1.54) is 0 Å². The molecule has 1 atom stereocenters. The predicted molar refractivity (Wildman–Crippen MR) is 68.5 cm³/mol. The molecule has 0 aromatic carbocycles. The van der Waals surface area contributed by atoms with Crippen molar-refractivity contribution in [3.05, 3.63) is 11.8 Å². The molecule has 0 aliphatic carbocycles. The van der Waals surface area contributed by atoms with Gasteiger partial charge in [0.25, 0.3) is 0 Å². The normalized spacial score (nSPS) is 12.6. The van der Waals surface area contributed by atoms with E-state index in [1.807, 2.05) is 6.92 Å². The average molecular weight is 239 g/mol. The number of nitrogen functional groups attached to an aromatic ring is 1. The molecule has 0 aliphatic heterocycles. The highest BCUT2D eigenvalue weighted by Gasteiger charge is 2.08. The smallest absolute Gasteiger partial charge is 0.239 e. The van der Waals surface area contributed by atoms with Crippen LogP contribution in [-0.4, -0.2) is 27.7 Å². The first-order valence-electron chi connectivity index (χ1n) is 5.75. The summed E-state index contributed by atoms with van der Waals surface area (Å²) in [5.41, 5.74) is 3.31. The van der Waals surface area contributed by atoms with E-state index < -0.39 is 0 Å². The van der Waals surface area contributed by atoms with Crippen molar-refractivity contribution in [1.82, 2.24) is 9.97 Å². The largest absolute Gasteiger partial charge is 0.391 e. The van der Waals surface area contributed by atoms with Gasteiger partial charge in [0.05, 0.1) is 6.10 Å². The third-order valence-electron chi connectivity index (χ3n) is 2.35. The van der Waals surface area contributed by atoms with Crippen molar-refractivity contribution in [3.8, 4) is 0 Å². The average Bonchev–Trinajstić information content (AvgIpc) is 2.27. The van der Waals surface area contributed by atoms with Crippen molar-refractivity contribution in [2.45, 2.75) is 33.3 Å². The second-order valence-corrected chi connectivity index (χ2v) is 4.53. The van der Waals surface area contributed by atoms with Crippen LogP contribution in [-0.2, 0) is 0 Å². The summed E-state index contributed by atoms with van der Waals surface area (Å²) in [6, 6.07) is 0. The number of nitrogens with one attached hydrogen (secondary N) is 2. The van der Waals surface area contributed by atoms with Crippen molar-refractivity contribution >= 4 is 11.8 Å². The molecule has 0 amide bonds. The lowest BCUT2D eigenvalue weighted by Gasteiger charge is -2.15. The molecule has 0 radical (unpaired) electrons. The number of aliphatic hydroxyl groups excluding tert-OH is 1. The van der Waals surface area contributed by atoms with E-state index in [0.29, 0.717) is 24.2 Å². The maximum atomic E-state index is 9.75. The van der Waals surface area contributed by atoms with Gasteiger partial charge >= 0.3 is 0 Å². The van der Waals surface area contributed by atoms with Gasteiger partial charge in [-0.3, -0.25) is 5.43 Å². The minimum atomic E-state index is -0.376. The van der Waals surface area contributed by atoms with Gasteiger partial charge in [-0.25, -0.2) is 10.8 Å². The molecule has 17 heavy (non-hydrogen) atoms. The number of nitrogens with zero attached hydrogens (tertiary/aromatic N) is 2. The number of rotatable bonds is 6. The molecule has 1 aromatic rings. The number of aliphatic hydroxyl groups is 1. The monoisotopic (exact) mass is 239 g/mol. The highest BCUT2D eigenvalue weighted by atomic mass is 16.3. The maximum Gasteiger partial charge on any atom is 0.239 e. The van der Waals surface area contributed by atoms with Crippen LogP contribution in [0.1, 0.15) is 25.8 Å². The first kappa shape index (κ1) is 13.7. The highest BCUT2D eigenvalue weighted by molar-refractivity contribution is 5.46. The molecule has 6 nitrogen and oxygen atoms in total. The molecule has 0 aliphatic rings. The van der Waals surface area contributed by atoms with Gasteiger partial charge in [-0.1, -0.05) is 13.8 Å². The van der Waals surface area contributed by atoms with Gasteiger partial charge in [-0.05, 0) is 19.3 Å². The fourth-order valence-corrected chi connectivity index (χ4v) is 1.53. The van der Waals surface area contributed by atoms with E-state index in [9.17, 15) is 5.11 Å². The Bertz CT molecular complexity index is 356. The number of hydrazine groups is 1. The number of hydrogen-bond acceptors (Lipinski definition) is 6. The van der Waals surface area contributed by atoms with Crippen LogP contribution in [0.2, 0.25) is 0 Å². The van der Waals surface area contributed by atoms with E-state index in [1.54, 1.807) is 6.20 Å². The van der Waals surface area contributed by atoms with Crippen LogP contribution in [0.15, 0.2) is 6.20 Å². The molecule has 5 N–H and O–H groups in total. The molecule has 1 heterocycles. The fourth-order valence-electron chi connectivity index (χ4n) is 1.53. The van der Waals surface area contributed by atoms with Gasteiger partial charge in [0.15, 0.2) is 0 Å². The Morgan fingerprint density at radius 2 is 2.18 bits per heavy atom. The van der Waals surface area contributed by atoms with Gasteiger partial charge in [0.2, 0.25) is 5.95 Å². The Labute approximate surface area is 102 Å². The van der Waals surface area contributed by atoms with Crippen molar-refractivity contribution in [1.29, 1.82) is 0 Å². The molecule has 0 saturated heterocycles. The summed E-state index contributed by atoms with van der Waals surface area (Å²) < 4.78 is 0. The molecule has 1 unspecified atom stereocenters. The van der Waals surface area contributed by atoms with Gasteiger partial charge in [0, 0.05) is 18.3 Å². The summed E-state index contributed by atoms with van der Waals surface area (Å²) in [6.45, 7) is 6.53. The Kier molecular flexibility index (Phi) is 5.11. The fraction of sp³-hybridized carbons (Fsp3) is 0.636. The van der Waals surface area contributed by atoms with Gasteiger partial charge in [0.1, 0.15) is 5.82 Å². The number of anilines is 2. The molecule has 1 rings (SSSR count). The minimum Gasteiger partial charge on any atom is -0.391 e. The van der Waals surface area contributed by atoms with Crippen LogP contribution in [0.4, 0.5) is 11.8 Å². The number of aryl methyl sites for hydroxylation is 1. The standard InChI is InChI=1S/C11H21N5O/c1-7(2)4-9(17)6-13-10-8(3)5-14-11(15-10)16-12/h5,7,9,17H,4,6,12H2,1-3H3,(H2,13,14,15,16). The predicted octanol–water partition coefficient (Wildman–Crippen LogP) is 0.890. The number of nitrogens with two attached hydrogens (primary N) is 1. The van der Waals surface area contributed by atoms with Gasteiger partial charge in [-0.15, -0.1) is 0 Å². The Balaban J connectivity index is 2.56. The summed E-state index contributed by atoms with van der Waals surface area (Å²) in [6.07, 6.45) is 2.07. The molecule has 0 spiro atoms. The van der Waals surface area contributed by atoms with E-state index in [0.717, 1.165) is 12.0 Å². The second kappa shape index (κ2) is 6.36. The van der Waals surface area contributed by atoms with E-state index >= 15 is 0 Å². The van der Waals surface area contributed by atoms with Crippen LogP contribution >= 0.6 is 0 Å². The van der Waals surface area contributed by atoms with Crippen molar-refractivity contribution in [3.63, 3.8) is 0 Å². The number of aromatic nitrogens is 2. The SMILES string of the molecule is Cc1cnc(NN)nc1NCC(O)CC(C)C. The lowest BCUT2D eigenvalue weighted by molar-refractivity contribution is 0.161. The van der Waals surface area contributed by atoms with Crippen LogP contribution in [0.25, 0.3) is 0 Å². The zero-order valence-corrected chi connectivity index (χ0v) is 10.6. The molecular weight excluding hydrogens is 218 g/mol. The van der Waals surface area contributed by atoms with Crippen LogP contribution in [0.5, 0.6) is 0 Å². The third kappa shape index (κ3) is 4.54. The van der Waals surface area contributed by atoms with Crippen molar-refractivity contribution in [2.24, 2.45) is 11.8 Å². The molecule has 0 saturated carbocycles. The molecule has 0 bridgehead atoms. The Morgan fingerprint density at radius 1 is 1.47 bits per heavy atom. The van der Waals surface area contributed by atoms with Crippen molar-refractivity contribution < 1.29 is 5.11 Å². The lowest BCUT2D eigenvalue weighted by Crippen LogP contribution is -2.22. The second-order valence-electron chi connectivity index (χ2n) is 4.53. The quantitative estimate of drug-likeness (QED) is 0.435. The lowest BCUT2D eigenvalue weighted by atomic mass is 10.1. The maximum absolute atomic E-state index is 9.75. The molecule has 96 valence electrons. The van der Waals surface area contributed by atoms with Gasteiger partial charge < -0.3 is 10.4 Å². The zero-order chi connectivity index (χ0) is 12.8. The molecular formula is C11H21N5O. The van der Waals surface area contributed by atoms with E-state index in [4.69, 9.17) is 5.84 Å². The topological polar surface area (TPSA) is 96.1 Å². The first-order chi connectivity index (χ1) is 8.02. The third-order valence-corrected chi connectivity index (χ3v) is 2.35. The van der Waals surface area contributed by atoms with E-state index in [2.05, 4.69) is 34.6 Å². The summed E-state index contributed by atoms with van der Waals surface area (Å²) in [5.74, 6) is 6.76. The molecule has 6 heteroatoms. The summed E-state index contributed by atoms with van der Waals surface area (Å²) >= 11 is 0. The van der Waals surface area contributed by atoms with Crippen LogP contribution < -0.4 is 16.6 Å². The van der Waals surface area contributed by atoms with Crippen molar-refractivity contribution in [2.75, 3.05) is 17.3 Å². The first-order valence-corrected chi connectivity index (χ1v) is 5.75. The highest BCUT2D eigenvalue weighted by Crippen LogP contribution is 2.12. The number of hydrogen-bond donors (Lipinski definition) is 4. The van der Waals surface area contributed by atoms with Crippen LogP contribution in [0, 0.1) is 12.8 Å². The summed E-state index contributed by atoms with van der Waals surface area (Å²) in [5, 5.41) is 12.8. The minimum absolute atomic E-state index is 0.358. The van der Waals surface area contributed by atoms with Crippen LogP contribution in [0.3, 0.4) is 0 Å². The Hall–Kier alpha value is -1.40. The Morgan fingerprint density at radius 3 is 2.76 bits per heavy atom. The molecule has 0 fully saturated rings. The summed E-state index contributed by atoms with van der Waals surface area (Å²) in [7, 11) is 0. The summed E-state index contributed by atoms with van der Waals surface area (Å²) in [4.78, 5) is 8.16. The molecule has 1 aromatic heterocycles. The van der Waals surface area contributed by atoms with E-state index in [-0.39, 0.29) is 6.10 Å².